The van der Waals surface area contributed by atoms with E-state index in [1.165, 1.54) is 0 Å². The van der Waals surface area contributed by atoms with Crippen LogP contribution in [0.15, 0.2) is 0 Å². The van der Waals surface area contributed by atoms with E-state index in [9.17, 15) is 0 Å². The Kier molecular flexibility index (Phi) is 21400. The molecular formula is C3H8O2. The van der Waals surface area contributed by atoms with Gasteiger partial charge < -0.3 is 10.2 Å². The number of hydrogen-bond donors (Lipinski definition) is 2. The zero-order chi connectivity index (χ0) is 4.00. The van der Waals surface area contributed by atoms with Gasteiger partial charge in [0.2, 0.25) is 0 Å². The molecule has 0 aliphatic heterocycles. The molecule has 0 bridgehead atoms. The molecule has 0 fully saturated rings. The van der Waals surface area contributed by atoms with Crippen molar-refractivity contribution in [1.82, 2.24) is 0 Å². The predicted octanol–water partition coefficient (Wildman–Crippen LogP) is -0.702. The second-order valence-corrected chi connectivity index (χ2v) is 0. The molecule has 32 valence electrons. The largest absolute Gasteiger partial charge is 0.400 e. The van der Waals surface area contributed by atoms with Crippen molar-refractivity contribution in [1.29, 1.82) is 0 Å². The van der Waals surface area contributed by atoms with Crippen molar-refractivity contribution in [2.45, 2.75) is 0 Å². The lowest BCUT2D eigenvalue weighted by molar-refractivity contribution is 0.399. The summed E-state index contributed by atoms with van der Waals surface area (Å²) in [5, 5.41) is 14.0. The molecule has 0 aromatic heterocycles. The van der Waals surface area contributed by atoms with E-state index >= 15 is 0 Å². The molecular weight excluding hydrogens is 68.0 g/mol. The molecule has 0 rings (SSSR count). The summed E-state index contributed by atoms with van der Waals surface area (Å²) in [7, 11) is 2.00. The molecule has 0 heterocycles. The van der Waals surface area contributed by atoms with Crippen LogP contribution in [0.25, 0.3) is 0 Å². The van der Waals surface area contributed by atoms with Crippen LogP contribution < -0.4 is 0 Å². The van der Waals surface area contributed by atoms with Crippen molar-refractivity contribution in [3.63, 3.8) is 0 Å². The van der Waals surface area contributed by atoms with Gasteiger partial charge in [-0.1, -0.05) is 0 Å². The molecule has 5 heavy (non-hydrogen) atoms. The lowest BCUT2D eigenvalue weighted by Gasteiger charge is -1.21. The van der Waals surface area contributed by atoms with Gasteiger partial charge in [0.05, 0.1) is 0 Å². The average molecular weight is 76.1 g/mol. The van der Waals surface area contributed by atoms with E-state index in [4.69, 9.17) is 10.2 Å². The number of aliphatic hydroxyl groups is 2. The third-order valence-electron chi connectivity index (χ3n) is 0. The molecule has 2 N–H and O–H groups in total. The molecule has 0 amide bonds. The summed E-state index contributed by atoms with van der Waals surface area (Å²) in [6.45, 7) is 0. The van der Waals surface area contributed by atoms with Crippen molar-refractivity contribution in [2.24, 2.45) is 0 Å². The Morgan fingerprint density at radius 3 is 0.800 bits per heavy atom. The van der Waals surface area contributed by atoms with Crippen molar-refractivity contribution in [3.05, 3.63) is 7.43 Å². The second-order valence-electron chi connectivity index (χ2n) is 0. The lowest BCUT2D eigenvalue weighted by atomic mass is 11.8. The first-order valence-electron chi connectivity index (χ1n) is 0.894. The van der Waals surface area contributed by atoms with E-state index < -0.39 is 0 Å². The van der Waals surface area contributed by atoms with Crippen LogP contribution in [0.3, 0.4) is 0 Å². The van der Waals surface area contributed by atoms with E-state index in [0.717, 1.165) is 14.2 Å². The first kappa shape index (κ1) is 20.5. The Labute approximate surface area is 33.1 Å². The second kappa shape index (κ2) is 5220. The normalized spacial score (nSPS) is 2.40. The summed E-state index contributed by atoms with van der Waals surface area (Å²) in [5.74, 6) is 0. The van der Waals surface area contributed by atoms with Gasteiger partial charge in [0.15, 0.2) is 0 Å². The minimum atomic E-state index is 0. The summed E-state index contributed by atoms with van der Waals surface area (Å²) in [6.07, 6.45) is 0. The lowest BCUT2D eigenvalue weighted by Crippen LogP contribution is -1.25. The maximum atomic E-state index is 7.00. The van der Waals surface area contributed by atoms with Crippen molar-refractivity contribution in [3.8, 4) is 0 Å². The Morgan fingerprint density at radius 1 is 0.800 bits per heavy atom. The zero-order valence-electron chi connectivity index (χ0n) is 3.39. The number of aliphatic hydroxyl groups excluding tert-OH is 2. The molecule has 0 atom stereocenters. The van der Waals surface area contributed by atoms with E-state index in [0.29, 0.717) is 0 Å². The Morgan fingerprint density at radius 2 is 0.800 bits per heavy atom. The highest BCUT2D eigenvalue weighted by molar-refractivity contribution is 3.24. The monoisotopic (exact) mass is 76.1 g/mol. The van der Waals surface area contributed by atoms with Crippen molar-refractivity contribution < 1.29 is 10.2 Å². The minimum absolute atomic E-state index is 0. The van der Waals surface area contributed by atoms with Gasteiger partial charge in [0.1, 0.15) is 0 Å². The van der Waals surface area contributed by atoms with Crippen molar-refractivity contribution in [2.75, 3.05) is 14.2 Å². The molecule has 0 aromatic rings. The standard InChI is InChI=1S/2CH4O.C/c2*1-2;/h2*2H,1H3;. The number of rotatable bonds is 0. The summed E-state index contributed by atoms with van der Waals surface area (Å²) < 4.78 is 0. The molecule has 0 aliphatic rings. The summed E-state index contributed by atoms with van der Waals surface area (Å²) in [4.78, 5) is 0. The van der Waals surface area contributed by atoms with Crippen LogP contribution >= 0.6 is 0 Å². The van der Waals surface area contributed by atoms with E-state index in [-0.39, 0.29) is 7.43 Å². The SMILES string of the molecule is CO.CO.[C]. The van der Waals surface area contributed by atoms with Gasteiger partial charge in [-0.2, -0.15) is 0 Å². The third-order valence-corrected chi connectivity index (χ3v) is 0. The third kappa shape index (κ3) is 2260. The molecule has 0 aliphatic carbocycles. The molecule has 0 saturated heterocycles. The fraction of sp³-hybridized carbons (Fsp3) is 0.667. The van der Waals surface area contributed by atoms with Gasteiger partial charge in [-0.25, -0.2) is 0 Å². The summed E-state index contributed by atoms with van der Waals surface area (Å²) in [5.41, 5.74) is 0. The highest BCUT2D eigenvalue weighted by Crippen LogP contribution is 0.757. The first-order valence-corrected chi connectivity index (χ1v) is 0.894. The molecule has 2 heteroatoms. The van der Waals surface area contributed by atoms with Crippen molar-refractivity contribution >= 4 is 0 Å². The average Bonchev–Trinajstić information content (AvgIpc) is 1.50. The van der Waals surface area contributed by atoms with E-state index in [1.807, 2.05) is 0 Å². The molecule has 2 nitrogen and oxygen atoms in total. The molecule has 0 saturated carbocycles. The quantitative estimate of drug-likeness (QED) is 0.400. The smallest absolute Gasteiger partial charge is 0.0319 e. The van der Waals surface area contributed by atoms with Crippen LogP contribution in [0.4, 0.5) is 0 Å². The van der Waals surface area contributed by atoms with Crippen LogP contribution in [0.5, 0.6) is 0 Å². The van der Waals surface area contributed by atoms with E-state index in [2.05, 4.69) is 0 Å². The van der Waals surface area contributed by atoms with Crippen LogP contribution in [0.1, 0.15) is 0 Å². The topological polar surface area (TPSA) is 40.5 Å². The zero-order valence-corrected chi connectivity index (χ0v) is 3.39. The van der Waals surface area contributed by atoms with Gasteiger partial charge in [0.25, 0.3) is 0 Å². The number of hydrogen-bond acceptors (Lipinski definition) is 2. The fourth-order valence-corrected chi connectivity index (χ4v) is 0. The maximum Gasteiger partial charge on any atom is 0.0319 e. The van der Waals surface area contributed by atoms with Gasteiger partial charge in [-0.05, 0) is 0 Å². The summed E-state index contributed by atoms with van der Waals surface area (Å²) >= 11 is 0. The highest BCUT2D eigenvalue weighted by Gasteiger charge is 0.841. The summed E-state index contributed by atoms with van der Waals surface area (Å²) in [6, 6.07) is 0. The maximum absolute atomic E-state index is 7.00. The highest BCUT2D eigenvalue weighted by atomic mass is 16.2. The fourth-order valence-electron chi connectivity index (χ4n) is 0. The Bertz CT molecular complexity index is 4.85. The van der Waals surface area contributed by atoms with Gasteiger partial charge in [0, 0.05) is 21.6 Å². The van der Waals surface area contributed by atoms with E-state index in [1.54, 1.807) is 0 Å². The first-order chi connectivity index (χ1) is 2.00. The van der Waals surface area contributed by atoms with Crippen LogP contribution in [0.2, 0.25) is 0 Å². The van der Waals surface area contributed by atoms with Gasteiger partial charge in [-0.15, -0.1) is 0 Å². The van der Waals surface area contributed by atoms with Crippen LogP contribution in [-0.4, -0.2) is 24.4 Å². The Balaban J connectivity index is -0.0000000133. The molecule has 4 radical (unpaired) electrons. The van der Waals surface area contributed by atoms with Gasteiger partial charge >= 0.3 is 0 Å². The molecule has 0 aromatic carbocycles. The predicted molar refractivity (Wildman–Crippen MR) is 19.5 cm³/mol. The minimum Gasteiger partial charge on any atom is -0.400 e. The van der Waals surface area contributed by atoms with Gasteiger partial charge in [-0.3, -0.25) is 0 Å². The molecule has 0 unspecified atom stereocenters. The Hall–Kier alpha value is -0.0800. The molecule has 0 spiro atoms. The van der Waals surface area contributed by atoms with Crippen LogP contribution in [-0.2, 0) is 0 Å². The van der Waals surface area contributed by atoms with Crippen LogP contribution in [0, 0.1) is 7.43 Å².